The number of rotatable bonds is 5. The molecule has 0 radical (unpaired) electrons. The molecule has 0 amide bonds. The van der Waals surface area contributed by atoms with Crippen LogP contribution in [0.25, 0.3) is 0 Å². The Morgan fingerprint density at radius 2 is 1.90 bits per heavy atom. The molecule has 0 unspecified atom stereocenters. The van der Waals surface area contributed by atoms with Crippen molar-refractivity contribution in [2.24, 2.45) is 0 Å². The maximum absolute atomic E-state index is 10.6. The van der Waals surface area contributed by atoms with E-state index in [9.17, 15) is 14.9 Å². The molecule has 5 nitrogen and oxygen atoms in total. The minimum Gasteiger partial charge on any atom is -0.489 e. The van der Waals surface area contributed by atoms with Crippen LogP contribution in [0.4, 0.5) is 5.69 Å². The van der Waals surface area contributed by atoms with E-state index in [1.807, 2.05) is 0 Å². The zero-order chi connectivity index (χ0) is 14.5. The summed E-state index contributed by atoms with van der Waals surface area (Å²) in [6, 6.07) is 10.8. The number of ether oxygens (including phenoxy) is 1. The Labute approximate surface area is 119 Å². The second-order valence-electron chi connectivity index (χ2n) is 4.01. The average Bonchev–Trinajstić information content (AvgIpc) is 2.46. The molecule has 102 valence electrons. The number of carbonyl (C=O) groups excluding carboxylic acids is 1. The van der Waals surface area contributed by atoms with Gasteiger partial charge >= 0.3 is 0 Å². The zero-order valence-corrected chi connectivity index (χ0v) is 11.0. The molecular weight excluding hydrogens is 282 g/mol. The van der Waals surface area contributed by atoms with Crippen LogP contribution in [0.2, 0.25) is 5.02 Å². The third-order valence-corrected chi connectivity index (χ3v) is 3.01. The predicted molar refractivity (Wildman–Crippen MR) is 74.3 cm³/mol. The van der Waals surface area contributed by atoms with Crippen molar-refractivity contribution in [3.63, 3.8) is 0 Å². The van der Waals surface area contributed by atoms with Gasteiger partial charge in [0.2, 0.25) is 0 Å². The minimum absolute atomic E-state index is 0.0610. The zero-order valence-electron chi connectivity index (χ0n) is 10.3. The number of non-ortho nitro benzene ring substituents is 1. The largest absolute Gasteiger partial charge is 0.489 e. The lowest BCUT2D eigenvalue weighted by Crippen LogP contribution is -1.97. The Morgan fingerprint density at radius 1 is 1.20 bits per heavy atom. The first-order valence-corrected chi connectivity index (χ1v) is 6.09. The number of halogens is 1. The monoisotopic (exact) mass is 291 g/mol. The number of hydrogen-bond donors (Lipinski definition) is 0. The molecular formula is C14H10ClNO4. The maximum Gasteiger partial charge on any atom is 0.270 e. The van der Waals surface area contributed by atoms with Crippen LogP contribution in [0, 0.1) is 10.1 Å². The molecule has 0 heterocycles. The fourth-order valence-corrected chi connectivity index (χ4v) is 1.80. The second kappa shape index (κ2) is 6.16. The van der Waals surface area contributed by atoms with Gasteiger partial charge in [-0.05, 0) is 30.3 Å². The molecule has 0 saturated carbocycles. The Morgan fingerprint density at radius 3 is 2.45 bits per heavy atom. The lowest BCUT2D eigenvalue weighted by Gasteiger charge is -2.07. The first-order valence-electron chi connectivity index (χ1n) is 5.71. The molecule has 0 aliphatic heterocycles. The third-order valence-electron chi connectivity index (χ3n) is 2.66. The van der Waals surface area contributed by atoms with Crippen molar-refractivity contribution in [1.29, 1.82) is 0 Å². The summed E-state index contributed by atoms with van der Waals surface area (Å²) in [5, 5.41) is 10.9. The van der Waals surface area contributed by atoms with Crippen LogP contribution in [0.5, 0.6) is 5.75 Å². The first-order chi connectivity index (χ1) is 9.60. The molecule has 2 aromatic carbocycles. The molecule has 20 heavy (non-hydrogen) atoms. The number of carbonyl (C=O) groups is 1. The maximum atomic E-state index is 10.6. The number of benzene rings is 2. The van der Waals surface area contributed by atoms with E-state index in [1.54, 1.807) is 30.3 Å². The fourth-order valence-electron chi connectivity index (χ4n) is 1.57. The van der Waals surface area contributed by atoms with Gasteiger partial charge in [-0.15, -0.1) is 0 Å². The van der Waals surface area contributed by atoms with Gasteiger partial charge in [-0.3, -0.25) is 14.9 Å². The molecule has 0 N–H and O–H groups in total. The first kappa shape index (κ1) is 14.0. The van der Waals surface area contributed by atoms with E-state index in [2.05, 4.69) is 0 Å². The van der Waals surface area contributed by atoms with Gasteiger partial charge in [-0.1, -0.05) is 11.6 Å². The normalized spacial score (nSPS) is 10.1. The highest BCUT2D eigenvalue weighted by molar-refractivity contribution is 6.31. The van der Waals surface area contributed by atoms with Crippen LogP contribution >= 0.6 is 11.6 Å². The fraction of sp³-hybridized carbons (Fsp3) is 0.0714. The van der Waals surface area contributed by atoms with E-state index in [-0.39, 0.29) is 17.3 Å². The van der Waals surface area contributed by atoms with Gasteiger partial charge in [-0.25, -0.2) is 0 Å². The Hall–Kier alpha value is -2.40. The molecule has 0 aromatic heterocycles. The highest BCUT2D eigenvalue weighted by atomic mass is 35.5. The van der Waals surface area contributed by atoms with Gasteiger partial charge in [0.1, 0.15) is 18.6 Å². The molecule has 0 aliphatic carbocycles. The van der Waals surface area contributed by atoms with Gasteiger partial charge in [-0.2, -0.15) is 0 Å². The van der Waals surface area contributed by atoms with E-state index in [4.69, 9.17) is 16.3 Å². The van der Waals surface area contributed by atoms with Crippen molar-refractivity contribution < 1.29 is 14.5 Å². The van der Waals surface area contributed by atoms with Crippen LogP contribution in [-0.2, 0) is 6.61 Å². The summed E-state index contributed by atoms with van der Waals surface area (Å²) in [4.78, 5) is 20.6. The molecule has 6 heteroatoms. The number of nitro groups is 1. The van der Waals surface area contributed by atoms with E-state index in [0.717, 1.165) is 6.29 Å². The number of nitro benzene ring substituents is 1. The van der Waals surface area contributed by atoms with Gasteiger partial charge in [0.15, 0.2) is 0 Å². The molecule has 2 rings (SSSR count). The highest BCUT2D eigenvalue weighted by Crippen LogP contribution is 2.24. The quantitative estimate of drug-likeness (QED) is 0.479. The lowest BCUT2D eigenvalue weighted by atomic mass is 10.2. The van der Waals surface area contributed by atoms with Crippen molar-refractivity contribution in [2.45, 2.75) is 6.61 Å². The van der Waals surface area contributed by atoms with Crippen molar-refractivity contribution in [2.75, 3.05) is 0 Å². The predicted octanol–water partition coefficient (Wildman–Crippen LogP) is 3.64. The third kappa shape index (κ3) is 3.33. The van der Waals surface area contributed by atoms with Crippen molar-refractivity contribution in [1.82, 2.24) is 0 Å². The molecule has 2 aromatic rings. The molecule has 0 saturated heterocycles. The number of aldehydes is 1. The van der Waals surface area contributed by atoms with Crippen molar-refractivity contribution >= 4 is 23.6 Å². The summed E-state index contributed by atoms with van der Waals surface area (Å²) < 4.78 is 5.50. The van der Waals surface area contributed by atoms with Crippen LogP contribution in [0.1, 0.15) is 15.9 Å². The van der Waals surface area contributed by atoms with Gasteiger partial charge in [0.05, 0.1) is 9.95 Å². The molecule has 0 aliphatic rings. The van der Waals surface area contributed by atoms with Gasteiger partial charge < -0.3 is 4.74 Å². The topological polar surface area (TPSA) is 69.4 Å². The van der Waals surface area contributed by atoms with Crippen LogP contribution in [0.3, 0.4) is 0 Å². The summed E-state index contributed by atoms with van der Waals surface area (Å²) >= 11 is 5.96. The van der Waals surface area contributed by atoms with Crippen LogP contribution < -0.4 is 4.74 Å². The number of hydrogen-bond acceptors (Lipinski definition) is 4. The van der Waals surface area contributed by atoms with Gasteiger partial charge in [0.25, 0.3) is 5.69 Å². The molecule has 0 spiro atoms. The summed E-state index contributed by atoms with van der Waals surface area (Å²) in [5.74, 6) is 0.588. The molecule has 0 atom stereocenters. The Bertz CT molecular complexity index is 640. The van der Waals surface area contributed by atoms with E-state index >= 15 is 0 Å². The smallest absolute Gasteiger partial charge is 0.270 e. The molecule has 0 fully saturated rings. The van der Waals surface area contributed by atoms with Gasteiger partial charge in [0, 0.05) is 23.3 Å². The lowest BCUT2D eigenvalue weighted by molar-refractivity contribution is -0.384. The van der Waals surface area contributed by atoms with Crippen molar-refractivity contribution in [3.8, 4) is 5.75 Å². The van der Waals surface area contributed by atoms with Crippen LogP contribution in [-0.4, -0.2) is 11.2 Å². The van der Waals surface area contributed by atoms with E-state index in [1.165, 1.54) is 12.1 Å². The summed E-state index contributed by atoms with van der Waals surface area (Å²) in [6.45, 7) is 0.192. The van der Waals surface area contributed by atoms with Crippen molar-refractivity contribution in [3.05, 3.63) is 68.7 Å². The van der Waals surface area contributed by atoms with Crippen LogP contribution in [0.15, 0.2) is 42.5 Å². The summed E-state index contributed by atoms with van der Waals surface area (Å²) in [5.41, 5.74) is 1.15. The minimum atomic E-state index is -0.505. The standard InChI is InChI=1S/C14H10ClNO4/c15-14-7-12(16(18)19)4-3-11(14)9-20-13-5-1-10(8-17)2-6-13/h1-8H,9H2. The molecule has 0 bridgehead atoms. The summed E-state index contributed by atoms with van der Waals surface area (Å²) in [7, 11) is 0. The SMILES string of the molecule is O=Cc1ccc(OCc2ccc([N+](=O)[O-])cc2Cl)cc1. The Kier molecular flexibility index (Phi) is 4.32. The van der Waals surface area contributed by atoms with E-state index < -0.39 is 4.92 Å². The number of nitrogens with zero attached hydrogens (tertiary/aromatic N) is 1. The average molecular weight is 292 g/mol. The highest BCUT2D eigenvalue weighted by Gasteiger charge is 2.09. The Balaban J connectivity index is 2.06. The summed E-state index contributed by atoms with van der Waals surface area (Å²) in [6.07, 6.45) is 0.747. The second-order valence-corrected chi connectivity index (χ2v) is 4.42. The van der Waals surface area contributed by atoms with E-state index in [0.29, 0.717) is 16.9 Å².